The first-order valence-corrected chi connectivity index (χ1v) is 9.41. The second-order valence-corrected chi connectivity index (χ2v) is 7.07. The van der Waals surface area contributed by atoms with E-state index < -0.39 is 0 Å². The van der Waals surface area contributed by atoms with E-state index in [1.54, 1.807) is 6.20 Å². The van der Waals surface area contributed by atoms with Crippen LogP contribution in [0.2, 0.25) is 0 Å². The van der Waals surface area contributed by atoms with E-state index in [9.17, 15) is 4.79 Å². The van der Waals surface area contributed by atoms with Crippen molar-refractivity contribution in [1.29, 1.82) is 0 Å². The van der Waals surface area contributed by atoms with Gasteiger partial charge in [0.25, 0.3) is 0 Å². The van der Waals surface area contributed by atoms with E-state index in [-0.39, 0.29) is 5.91 Å². The molecule has 0 saturated heterocycles. The summed E-state index contributed by atoms with van der Waals surface area (Å²) in [7, 11) is 0. The fourth-order valence-electron chi connectivity index (χ4n) is 3.50. The van der Waals surface area contributed by atoms with Gasteiger partial charge < -0.3 is 15.4 Å². The second-order valence-electron chi connectivity index (χ2n) is 7.07. The van der Waals surface area contributed by atoms with Crippen LogP contribution in [0.4, 0.5) is 17.3 Å². The largest absolute Gasteiger partial charge is 0.472 e. The van der Waals surface area contributed by atoms with Crippen molar-refractivity contribution in [2.45, 2.75) is 20.8 Å². The zero-order valence-corrected chi connectivity index (χ0v) is 16.6. The molecule has 4 rings (SSSR count). The Morgan fingerprint density at radius 1 is 1.07 bits per heavy atom. The summed E-state index contributed by atoms with van der Waals surface area (Å²) >= 11 is 0. The molecule has 6 nitrogen and oxygen atoms in total. The van der Waals surface area contributed by atoms with E-state index >= 15 is 0 Å². The van der Waals surface area contributed by atoms with Gasteiger partial charge in [0, 0.05) is 24.5 Å². The summed E-state index contributed by atoms with van der Waals surface area (Å²) in [5.41, 5.74) is 7.13. The van der Waals surface area contributed by atoms with Gasteiger partial charge in [-0.05, 0) is 60.4 Å². The van der Waals surface area contributed by atoms with Crippen molar-refractivity contribution in [3.63, 3.8) is 0 Å². The first kappa shape index (κ1) is 18.7. The third-order valence-corrected chi connectivity index (χ3v) is 4.72. The maximum Gasteiger partial charge on any atom is 0.230 e. The molecule has 1 aliphatic rings. The van der Waals surface area contributed by atoms with Crippen LogP contribution in [0.5, 0.6) is 5.88 Å². The molecule has 29 heavy (non-hydrogen) atoms. The Labute approximate surface area is 169 Å². The van der Waals surface area contributed by atoms with E-state index in [0.717, 1.165) is 16.8 Å². The lowest BCUT2D eigenvalue weighted by Gasteiger charge is -2.20. The zero-order valence-electron chi connectivity index (χ0n) is 16.6. The van der Waals surface area contributed by atoms with E-state index in [4.69, 9.17) is 4.74 Å². The normalized spacial score (nSPS) is 12.4. The number of aromatic nitrogens is 2. The molecule has 0 unspecified atom stereocenters. The molecule has 0 fully saturated rings. The van der Waals surface area contributed by atoms with Crippen LogP contribution in [0.15, 0.2) is 48.7 Å². The Hall–Kier alpha value is -3.67. The molecule has 0 bridgehead atoms. The third-order valence-electron chi connectivity index (χ3n) is 4.72. The summed E-state index contributed by atoms with van der Waals surface area (Å²) in [6.07, 6.45) is 3.85. The number of nitrogens with zero attached hydrogens (tertiary/aromatic N) is 2. The lowest BCUT2D eigenvalue weighted by atomic mass is 9.94. The predicted molar refractivity (Wildman–Crippen MR) is 115 cm³/mol. The van der Waals surface area contributed by atoms with Gasteiger partial charge in [-0.3, -0.25) is 4.79 Å². The van der Waals surface area contributed by atoms with Crippen molar-refractivity contribution in [2.75, 3.05) is 17.2 Å². The molecule has 146 valence electrons. The number of nitrogens with one attached hydrogen (secondary N) is 2. The molecule has 3 aromatic rings. The molecule has 2 N–H and O–H groups in total. The average molecular weight is 386 g/mol. The lowest BCUT2D eigenvalue weighted by Crippen LogP contribution is -2.11. The average Bonchev–Trinajstić information content (AvgIpc) is 2.68. The van der Waals surface area contributed by atoms with Crippen LogP contribution in [0.25, 0.3) is 11.6 Å². The third kappa shape index (κ3) is 4.11. The Balaban J connectivity index is 1.58. The van der Waals surface area contributed by atoms with Crippen LogP contribution in [0.3, 0.4) is 0 Å². The van der Waals surface area contributed by atoms with E-state index in [0.29, 0.717) is 24.1 Å². The molecular weight excluding hydrogens is 364 g/mol. The number of hydrogen-bond donors (Lipinski definition) is 2. The highest BCUT2D eigenvalue weighted by Crippen LogP contribution is 2.32. The number of hydrogen-bond acceptors (Lipinski definition) is 5. The minimum Gasteiger partial charge on any atom is -0.472 e. The fraction of sp³-hybridized carbons (Fsp3) is 0.174. The molecule has 2 aromatic carbocycles. The lowest BCUT2D eigenvalue weighted by molar-refractivity contribution is -0.114. The number of carbonyl (C=O) groups is 1. The monoisotopic (exact) mass is 386 g/mol. The highest BCUT2D eigenvalue weighted by atomic mass is 16.5. The molecule has 2 heterocycles. The van der Waals surface area contributed by atoms with Crippen molar-refractivity contribution in [3.8, 4) is 5.88 Å². The van der Waals surface area contributed by atoms with Crippen LogP contribution in [-0.4, -0.2) is 22.5 Å². The SMILES string of the molecule is CC(=O)Nc1cccc(Nc2ncc3c(n2)OCC(c2c(C)cccc2C)=C3)c1. The molecule has 0 atom stereocenters. The van der Waals surface area contributed by atoms with Crippen LogP contribution in [0.1, 0.15) is 29.2 Å². The van der Waals surface area contributed by atoms with Gasteiger partial charge in [0.15, 0.2) is 0 Å². The summed E-state index contributed by atoms with van der Waals surface area (Å²) in [6, 6.07) is 13.7. The van der Waals surface area contributed by atoms with Gasteiger partial charge >= 0.3 is 0 Å². The number of carbonyl (C=O) groups excluding carboxylic acids is 1. The Kier molecular flexibility index (Phi) is 4.99. The van der Waals surface area contributed by atoms with Crippen molar-refractivity contribution < 1.29 is 9.53 Å². The molecule has 1 aromatic heterocycles. The molecule has 0 saturated carbocycles. The fourth-order valence-corrected chi connectivity index (χ4v) is 3.50. The smallest absolute Gasteiger partial charge is 0.230 e. The van der Waals surface area contributed by atoms with Gasteiger partial charge in [-0.1, -0.05) is 24.3 Å². The van der Waals surface area contributed by atoms with Gasteiger partial charge in [0.2, 0.25) is 17.7 Å². The van der Waals surface area contributed by atoms with Crippen molar-refractivity contribution in [1.82, 2.24) is 9.97 Å². The van der Waals surface area contributed by atoms with Gasteiger partial charge in [-0.25, -0.2) is 4.98 Å². The molecule has 1 aliphatic heterocycles. The van der Waals surface area contributed by atoms with Gasteiger partial charge in [0.05, 0.1) is 5.56 Å². The molecule has 0 aliphatic carbocycles. The summed E-state index contributed by atoms with van der Waals surface area (Å²) in [6.45, 7) is 6.16. The topological polar surface area (TPSA) is 76.1 Å². The standard InChI is InChI=1S/C23H22N4O2/c1-14-6-4-7-15(2)21(14)18-10-17-12-24-23(27-22(17)29-13-18)26-20-9-5-8-19(11-20)25-16(3)28/h4-12H,13H2,1-3H3,(H,25,28)(H,24,26,27). The summed E-state index contributed by atoms with van der Waals surface area (Å²) in [5, 5.41) is 5.91. The molecule has 6 heteroatoms. The molecule has 0 radical (unpaired) electrons. The Morgan fingerprint density at radius 3 is 2.55 bits per heavy atom. The first-order valence-electron chi connectivity index (χ1n) is 9.41. The number of aryl methyl sites for hydroxylation is 2. The summed E-state index contributed by atoms with van der Waals surface area (Å²) in [4.78, 5) is 20.1. The van der Waals surface area contributed by atoms with Crippen LogP contribution in [-0.2, 0) is 4.79 Å². The minimum absolute atomic E-state index is 0.118. The highest BCUT2D eigenvalue weighted by molar-refractivity contribution is 5.89. The second kappa shape index (κ2) is 7.75. The van der Waals surface area contributed by atoms with Gasteiger partial charge in [0.1, 0.15) is 6.61 Å². The number of anilines is 3. The molecule has 0 spiro atoms. The quantitative estimate of drug-likeness (QED) is 0.678. The van der Waals surface area contributed by atoms with Gasteiger partial charge in [-0.15, -0.1) is 0 Å². The van der Waals surface area contributed by atoms with Crippen LogP contribution >= 0.6 is 0 Å². The zero-order chi connectivity index (χ0) is 20.4. The minimum atomic E-state index is -0.118. The van der Waals surface area contributed by atoms with Crippen molar-refractivity contribution >= 4 is 34.9 Å². The number of amides is 1. The van der Waals surface area contributed by atoms with Crippen LogP contribution < -0.4 is 15.4 Å². The maximum atomic E-state index is 11.2. The first-order chi connectivity index (χ1) is 14.0. The predicted octanol–water partition coefficient (Wildman–Crippen LogP) is 4.73. The number of rotatable bonds is 4. The highest BCUT2D eigenvalue weighted by Gasteiger charge is 2.18. The molecule has 1 amide bonds. The number of fused-ring (bicyclic) bond motifs is 1. The van der Waals surface area contributed by atoms with E-state index in [1.165, 1.54) is 23.6 Å². The van der Waals surface area contributed by atoms with Crippen molar-refractivity contribution in [2.24, 2.45) is 0 Å². The van der Waals surface area contributed by atoms with E-state index in [2.05, 4.69) is 58.7 Å². The van der Waals surface area contributed by atoms with Gasteiger partial charge in [-0.2, -0.15) is 4.98 Å². The Bertz CT molecular complexity index is 1100. The number of ether oxygens (including phenoxy) is 1. The van der Waals surface area contributed by atoms with E-state index in [1.807, 2.05) is 24.3 Å². The summed E-state index contributed by atoms with van der Waals surface area (Å²) in [5.74, 6) is 0.871. The summed E-state index contributed by atoms with van der Waals surface area (Å²) < 4.78 is 5.94. The Morgan fingerprint density at radius 2 is 1.79 bits per heavy atom. The molecular formula is C23H22N4O2. The maximum absolute atomic E-state index is 11.2. The van der Waals surface area contributed by atoms with Crippen LogP contribution in [0, 0.1) is 13.8 Å². The number of benzene rings is 2. The van der Waals surface area contributed by atoms with Crippen molar-refractivity contribution in [3.05, 3.63) is 70.9 Å².